The van der Waals surface area contributed by atoms with Crippen molar-refractivity contribution in [2.24, 2.45) is 5.92 Å². The molecule has 1 aromatic carbocycles. The number of H-pyrrole nitrogens is 1. The molecule has 8 nitrogen and oxygen atoms in total. The monoisotopic (exact) mass is 455 g/mol. The number of allylic oxidation sites excluding steroid dienone is 1. The van der Waals surface area contributed by atoms with Crippen LogP contribution in [0.5, 0.6) is 0 Å². The molecule has 33 heavy (non-hydrogen) atoms. The first kappa shape index (κ1) is 21.0. The molecule has 1 fully saturated rings. The molecule has 4 N–H and O–H groups in total. The molecule has 2 aliphatic rings. The molecule has 0 saturated carbocycles. The number of nitrogens with one attached hydrogen (secondary N) is 4. The Bertz CT molecular complexity index is 1290. The van der Waals surface area contributed by atoms with Crippen molar-refractivity contribution in [1.82, 2.24) is 25.5 Å². The highest BCUT2D eigenvalue weighted by Crippen LogP contribution is 2.36. The summed E-state index contributed by atoms with van der Waals surface area (Å²) in [5.41, 5.74) is 2.03. The fourth-order valence-electron chi connectivity index (χ4n) is 3.97. The Labute approximate surface area is 186 Å². The Morgan fingerprint density at radius 2 is 2.00 bits per heavy atom. The van der Waals surface area contributed by atoms with Gasteiger partial charge in [0.15, 0.2) is 0 Å². The standard InChI is InChI=1S/C22H20F3N7O/c1-11-6-18-12(2-5-19(33)29-18)8-17(11)30-21-26-10-15(22(23,24)25)20(31-21)28-14-3-4-16-13(7-14)9-27-32-16/h3-4,6-11,17H,2,5H2,1H3,(H,27,32)(H,29,33)(H2,26,28,30,31). The van der Waals surface area contributed by atoms with E-state index in [-0.39, 0.29) is 29.6 Å². The zero-order valence-electron chi connectivity index (χ0n) is 17.5. The molecule has 170 valence electrons. The van der Waals surface area contributed by atoms with Gasteiger partial charge in [0, 0.05) is 35.3 Å². The summed E-state index contributed by atoms with van der Waals surface area (Å²) in [7, 11) is 0. The Kier molecular flexibility index (Phi) is 5.03. The van der Waals surface area contributed by atoms with Crippen molar-refractivity contribution in [3.63, 3.8) is 0 Å². The van der Waals surface area contributed by atoms with Gasteiger partial charge in [-0.3, -0.25) is 9.89 Å². The van der Waals surface area contributed by atoms with Gasteiger partial charge in [-0.2, -0.15) is 23.3 Å². The Morgan fingerprint density at radius 3 is 2.82 bits per heavy atom. The van der Waals surface area contributed by atoms with Crippen LogP contribution in [0.15, 0.2) is 54.0 Å². The minimum absolute atomic E-state index is 0.0209. The van der Waals surface area contributed by atoms with Crippen LogP contribution in [0.4, 0.5) is 30.6 Å². The normalized spacial score (nSPS) is 20.5. The molecule has 1 amide bonds. The summed E-state index contributed by atoms with van der Waals surface area (Å²) in [6.45, 7) is 1.95. The highest BCUT2D eigenvalue weighted by molar-refractivity contribution is 5.83. The van der Waals surface area contributed by atoms with Gasteiger partial charge in [-0.25, -0.2) is 4.98 Å². The van der Waals surface area contributed by atoms with Crippen molar-refractivity contribution in [3.05, 3.63) is 59.6 Å². The number of carbonyl (C=O) groups excluding carboxylic acids is 1. The fraction of sp³-hybridized carbons (Fsp3) is 0.273. The second-order valence-corrected chi connectivity index (χ2v) is 8.10. The quantitative estimate of drug-likeness (QED) is 0.468. The Hall–Kier alpha value is -3.89. The van der Waals surface area contributed by atoms with Gasteiger partial charge in [-0.1, -0.05) is 19.1 Å². The van der Waals surface area contributed by atoms with Crippen molar-refractivity contribution < 1.29 is 18.0 Å². The molecule has 0 radical (unpaired) electrons. The molecular formula is C22H20F3N7O. The van der Waals surface area contributed by atoms with Crippen molar-refractivity contribution in [2.75, 3.05) is 10.6 Å². The van der Waals surface area contributed by atoms with E-state index in [1.807, 2.05) is 19.1 Å². The van der Waals surface area contributed by atoms with Crippen LogP contribution < -0.4 is 16.0 Å². The lowest BCUT2D eigenvalue weighted by Crippen LogP contribution is -2.35. The van der Waals surface area contributed by atoms with E-state index in [4.69, 9.17) is 0 Å². The van der Waals surface area contributed by atoms with Crippen LogP contribution in [0, 0.1) is 5.92 Å². The number of anilines is 3. The number of hydrogen-bond acceptors (Lipinski definition) is 6. The molecule has 11 heteroatoms. The van der Waals surface area contributed by atoms with Crippen molar-refractivity contribution in [3.8, 4) is 0 Å². The molecule has 2 unspecified atom stereocenters. The lowest BCUT2D eigenvalue weighted by atomic mass is 9.87. The molecular weight excluding hydrogens is 435 g/mol. The number of hydrogen-bond donors (Lipinski definition) is 4. The first-order valence-electron chi connectivity index (χ1n) is 10.4. The summed E-state index contributed by atoms with van der Waals surface area (Å²) >= 11 is 0. The van der Waals surface area contributed by atoms with Crippen LogP contribution in [-0.2, 0) is 11.0 Å². The van der Waals surface area contributed by atoms with Crippen molar-refractivity contribution in [1.29, 1.82) is 0 Å². The second-order valence-electron chi connectivity index (χ2n) is 8.10. The van der Waals surface area contributed by atoms with Crippen molar-refractivity contribution >= 4 is 34.3 Å². The van der Waals surface area contributed by atoms with Gasteiger partial charge in [-0.05, 0) is 30.2 Å². The van der Waals surface area contributed by atoms with Gasteiger partial charge < -0.3 is 16.0 Å². The number of alkyl halides is 3. The molecule has 3 aromatic rings. The number of amides is 1. The van der Waals surface area contributed by atoms with E-state index in [9.17, 15) is 18.0 Å². The van der Waals surface area contributed by atoms with E-state index in [1.165, 1.54) is 0 Å². The zero-order chi connectivity index (χ0) is 23.2. The minimum atomic E-state index is -4.63. The van der Waals surface area contributed by atoms with Crippen LogP contribution in [0.1, 0.15) is 25.3 Å². The molecule has 1 aliphatic carbocycles. The largest absolute Gasteiger partial charge is 0.421 e. The van der Waals surface area contributed by atoms with Gasteiger partial charge in [0.1, 0.15) is 11.4 Å². The number of rotatable bonds is 4. The van der Waals surface area contributed by atoms with Gasteiger partial charge in [0.2, 0.25) is 11.9 Å². The van der Waals surface area contributed by atoms with E-state index in [2.05, 4.69) is 36.1 Å². The number of fused-ring (bicyclic) bond motifs is 2. The molecule has 0 bridgehead atoms. The maximum Gasteiger partial charge on any atom is 0.421 e. The van der Waals surface area contributed by atoms with Gasteiger partial charge >= 0.3 is 6.18 Å². The molecule has 1 saturated heterocycles. The number of benzene rings is 1. The minimum Gasteiger partial charge on any atom is -0.347 e. The van der Waals surface area contributed by atoms with E-state index < -0.39 is 11.7 Å². The lowest BCUT2D eigenvalue weighted by molar-refractivity contribution is -0.137. The molecule has 1 aliphatic heterocycles. The first-order valence-corrected chi connectivity index (χ1v) is 10.4. The average Bonchev–Trinajstić information content (AvgIpc) is 3.22. The topological polar surface area (TPSA) is 108 Å². The molecule has 2 aromatic heterocycles. The van der Waals surface area contributed by atoms with E-state index in [0.29, 0.717) is 18.5 Å². The SMILES string of the molecule is CC1C=C2NC(=O)CCC2=CC1Nc1ncc(C(F)(F)F)c(Nc2ccc3[nH]ncc3c2)n1. The van der Waals surface area contributed by atoms with Gasteiger partial charge in [0.05, 0.1) is 17.8 Å². The maximum atomic E-state index is 13.6. The van der Waals surface area contributed by atoms with E-state index in [0.717, 1.165) is 28.4 Å². The molecule has 5 rings (SSSR count). The summed E-state index contributed by atoms with van der Waals surface area (Å²) in [4.78, 5) is 19.7. The summed E-state index contributed by atoms with van der Waals surface area (Å²) in [6, 6.07) is 4.82. The zero-order valence-corrected chi connectivity index (χ0v) is 17.5. The third kappa shape index (κ3) is 4.26. The number of aromatic nitrogens is 4. The predicted molar refractivity (Wildman–Crippen MR) is 117 cm³/mol. The van der Waals surface area contributed by atoms with Gasteiger partial charge in [-0.15, -0.1) is 0 Å². The Balaban J connectivity index is 1.43. The molecule has 2 atom stereocenters. The number of carbonyl (C=O) groups is 1. The Morgan fingerprint density at radius 1 is 1.15 bits per heavy atom. The summed E-state index contributed by atoms with van der Waals surface area (Å²) in [6.07, 6.45) is 2.66. The maximum absolute atomic E-state index is 13.6. The second kappa shape index (κ2) is 7.91. The first-order chi connectivity index (χ1) is 15.8. The number of aromatic amines is 1. The summed E-state index contributed by atoms with van der Waals surface area (Å²) in [5.74, 6) is -0.333. The summed E-state index contributed by atoms with van der Waals surface area (Å²) in [5, 5.41) is 16.2. The predicted octanol–water partition coefficient (Wildman–Crippen LogP) is 4.27. The van der Waals surface area contributed by atoms with Crippen LogP contribution >= 0.6 is 0 Å². The summed E-state index contributed by atoms with van der Waals surface area (Å²) < 4.78 is 40.9. The lowest BCUT2D eigenvalue weighted by Gasteiger charge is -2.30. The van der Waals surface area contributed by atoms with E-state index >= 15 is 0 Å². The fourth-order valence-corrected chi connectivity index (χ4v) is 3.97. The van der Waals surface area contributed by atoms with Crippen LogP contribution in [0.3, 0.4) is 0 Å². The molecule has 0 spiro atoms. The number of piperidine rings is 1. The molecule has 3 heterocycles. The highest BCUT2D eigenvalue weighted by Gasteiger charge is 2.36. The van der Waals surface area contributed by atoms with E-state index in [1.54, 1.807) is 24.4 Å². The van der Waals surface area contributed by atoms with Crippen LogP contribution in [0.2, 0.25) is 0 Å². The number of nitrogens with zero attached hydrogens (tertiary/aromatic N) is 3. The number of halogens is 3. The third-order valence-electron chi connectivity index (χ3n) is 5.71. The highest BCUT2D eigenvalue weighted by atomic mass is 19.4. The van der Waals surface area contributed by atoms with Crippen LogP contribution in [-0.4, -0.2) is 32.1 Å². The smallest absolute Gasteiger partial charge is 0.347 e. The average molecular weight is 455 g/mol. The van der Waals surface area contributed by atoms with Crippen molar-refractivity contribution in [2.45, 2.75) is 32.0 Å². The van der Waals surface area contributed by atoms with Crippen LogP contribution in [0.25, 0.3) is 10.9 Å². The third-order valence-corrected chi connectivity index (χ3v) is 5.71. The van der Waals surface area contributed by atoms with Gasteiger partial charge in [0.25, 0.3) is 0 Å².